The zero-order chi connectivity index (χ0) is 26.9. The Morgan fingerprint density at radius 3 is 0.974 bits per heavy atom. The molecule has 2 nitrogen and oxygen atoms in total. The maximum atomic E-state index is 2.32. The highest BCUT2D eigenvalue weighted by molar-refractivity contribution is 8.76. The molecule has 0 saturated carbocycles. The molecule has 0 bridgehead atoms. The molecule has 4 heteroatoms. The smallest absolute Gasteiger partial charge is 0.169 e. The predicted octanol–water partition coefficient (Wildman–Crippen LogP) is 9.98. The van der Waals surface area contributed by atoms with Crippen LogP contribution in [0.2, 0.25) is 0 Å². The molecule has 0 unspecified atom stereocenters. The summed E-state index contributed by atoms with van der Waals surface area (Å²) in [5.41, 5.74) is 2.70. The van der Waals surface area contributed by atoms with Crippen molar-refractivity contribution >= 4 is 21.6 Å². The number of hydrogen-bond acceptors (Lipinski definition) is 2. The van der Waals surface area contributed by atoms with Gasteiger partial charge in [0.1, 0.15) is 13.1 Å². The number of rotatable bonds is 25. The molecule has 0 atom stereocenters. The van der Waals surface area contributed by atoms with Gasteiger partial charge in [0, 0.05) is 48.6 Å². The van der Waals surface area contributed by atoms with Crippen molar-refractivity contribution < 1.29 is 9.13 Å². The highest BCUT2D eigenvalue weighted by Crippen LogP contribution is 2.25. The topological polar surface area (TPSA) is 7.76 Å². The Hall–Kier alpha value is -1.00. The van der Waals surface area contributed by atoms with Crippen LogP contribution in [0.1, 0.15) is 127 Å². The van der Waals surface area contributed by atoms with Crippen molar-refractivity contribution in [2.75, 3.05) is 11.5 Å². The van der Waals surface area contributed by atoms with Crippen LogP contribution in [0.5, 0.6) is 0 Å². The van der Waals surface area contributed by atoms with E-state index in [1.807, 2.05) is 0 Å². The highest BCUT2D eigenvalue weighted by atomic mass is 33.1. The van der Waals surface area contributed by atoms with E-state index in [1.165, 1.54) is 151 Å². The van der Waals surface area contributed by atoms with Crippen LogP contribution in [-0.2, 0) is 13.1 Å². The molecule has 0 amide bonds. The Bertz CT molecular complexity index is 709. The summed E-state index contributed by atoms with van der Waals surface area (Å²) in [6, 6.07) is 8.82. The summed E-state index contributed by atoms with van der Waals surface area (Å²) in [4.78, 5) is 0. The largest absolute Gasteiger partial charge is 0.205 e. The van der Waals surface area contributed by atoms with Crippen LogP contribution in [0.15, 0.2) is 49.1 Å². The van der Waals surface area contributed by atoms with Crippen molar-refractivity contribution in [3.8, 4) is 0 Å². The van der Waals surface area contributed by atoms with Gasteiger partial charge in [0.05, 0.1) is 0 Å². The fraction of sp³-hybridized carbons (Fsp3) is 0.706. The summed E-state index contributed by atoms with van der Waals surface area (Å²) >= 11 is 0. The molecule has 0 aliphatic heterocycles. The second kappa shape index (κ2) is 23.9. The zero-order valence-electron chi connectivity index (χ0n) is 24.9. The summed E-state index contributed by atoms with van der Waals surface area (Å²) in [6.45, 7) is 6.65. The number of nitrogens with zero attached hydrogens (tertiary/aromatic N) is 2. The molecule has 2 aromatic rings. The van der Waals surface area contributed by atoms with Gasteiger partial charge >= 0.3 is 0 Å². The van der Waals surface area contributed by atoms with Crippen molar-refractivity contribution in [1.29, 1.82) is 0 Å². The van der Waals surface area contributed by atoms with Gasteiger partial charge in [0.25, 0.3) is 0 Å². The molecule has 2 aromatic heterocycles. The quantitative estimate of drug-likeness (QED) is 0.0680. The van der Waals surface area contributed by atoms with Gasteiger partial charge in [0.15, 0.2) is 24.8 Å². The van der Waals surface area contributed by atoms with Crippen molar-refractivity contribution in [3.63, 3.8) is 0 Å². The standard InChI is InChI=1S/C34H58N2S2/c1-33-21-27-35(28-22-33)25-17-13-9-5-3-7-11-15-19-31-37-38-32-20-16-12-8-4-6-10-14-18-26-36-29-23-34(2)24-30-36/h21-24,27-30H,3-20,25-26,31-32H2,1-2H3/q+2. The minimum atomic E-state index is 1.17. The average molecular weight is 559 g/mol. The van der Waals surface area contributed by atoms with Crippen molar-refractivity contribution in [3.05, 3.63) is 60.2 Å². The van der Waals surface area contributed by atoms with Gasteiger partial charge in [0.2, 0.25) is 0 Å². The Kier molecular flexibility index (Phi) is 20.8. The van der Waals surface area contributed by atoms with Gasteiger partial charge in [-0.1, -0.05) is 98.6 Å². The van der Waals surface area contributed by atoms with Crippen LogP contribution < -0.4 is 9.13 Å². The molecule has 2 heterocycles. The lowest BCUT2D eigenvalue weighted by Gasteiger charge is -2.04. The summed E-state index contributed by atoms with van der Waals surface area (Å²) < 4.78 is 4.64. The summed E-state index contributed by atoms with van der Waals surface area (Å²) in [6.07, 6.45) is 34.2. The summed E-state index contributed by atoms with van der Waals surface area (Å²) in [5, 5.41) is 0. The van der Waals surface area contributed by atoms with Crippen molar-refractivity contribution in [2.45, 2.75) is 143 Å². The molecule has 0 spiro atoms. The third-order valence-corrected chi connectivity index (χ3v) is 10.1. The van der Waals surface area contributed by atoms with Crippen LogP contribution in [-0.4, -0.2) is 11.5 Å². The fourth-order valence-corrected chi connectivity index (χ4v) is 7.16. The van der Waals surface area contributed by atoms with Gasteiger partial charge in [-0.05, 0) is 50.7 Å². The fourth-order valence-electron chi connectivity index (χ4n) is 4.87. The lowest BCUT2D eigenvalue weighted by Crippen LogP contribution is -2.32. The Morgan fingerprint density at radius 2 is 0.658 bits per heavy atom. The zero-order valence-corrected chi connectivity index (χ0v) is 26.5. The first-order chi connectivity index (χ1) is 18.7. The Balaban J connectivity index is 1.19. The monoisotopic (exact) mass is 558 g/mol. The first-order valence-electron chi connectivity index (χ1n) is 15.9. The first kappa shape index (κ1) is 33.2. The molecule has 0 fully saturated rings. The van der Waals surface area contributed by atoms with E-state index >= 15 is 0 Å². The van der Waals surface area contributed by atoms with Crippen molar-refractivity contribution in [2.24, 2.45) is 0 Å². The Morgan fingerprint density at radius 1 is 0.395 bits per heavy atom. The normalized spacial score (nSPS) is 11.3. The number of pyridine rings is 2. The SMILES string of the molecule is Cc1cc[n+](CCCCCCCCCCCSSCCCCCCCCCCC[n+]2ccc(C)cc2)cc1. The number of unbranched alkanes of at least 4 members (excludes halogenated alkanes) is 16. The second-order valence-corrected chi connectivity index (χ2v) is 13.9. The van der Waals surface area contributed by atoms with Crippen molar-refractivity contribution in [1.82, 2.24) is 0 Å². The maximum Gasteiger partial charge on any atom is 0.169 e. The van der Waals surface area contributed by atoms with Crippen LogP contribution in [0.25, 0.3) is 0 Å². The van der Waals surface area contributed by atoms with Crippen LogP contribution >= 0.6 is 21.6 Å². The minimum absolute atomic E-state index is 1.17. The van der Waals surface area contributed by atoms with E-state index in [4.69, 9.17) is 0 Å². The lowest BCUT2D eigenvalue weighted by molar-refractivity contribution is -0.697. The molecule has 0 radical (unpaired) electrons. The van der Waals surface area contributed by atoms with Crippen LogP contribution in [0.4, 0.5) is 0 Å². The predicted molar refractivity (Wildman–Crippen MR) is 171 cm³/mol. The van der Waals surface area contributed by atoms with E-state index in [0.717, 1.165) is 0 Å². The van der Waals surface area contributed by atoms with Gasteiger partial charge in [-0.25, -0.2) is 9.13 Å². The molecule has 38 heavy (non-hydrogen) atoms. The second-order valence-electron chi connectivity index (χ2n) is 11.2. The van der Waals surface area contributed by atoms with E-state index in [2.05, 4.69) is 93.6 Å². The molecular weight excluding hydrogens is 501 g/mol. The first-order valence-corrected chi connectivity index (χ1v) is 18.4. The summed E-state index contributed by atoms with van der Waals surface area (Å²) in [7, 11) is 4.24. The maximum absolute atomic E-state index is 2.32. The van der Waals surface area contributed by atoms with E-state index in [9.17, 15) is 0 Å². The number of hydrogen-bond donors (Lipinski definition) is 0. The average Bonchev–Trinajstić information content (AvgIpc) is 2.93. The van der Waals surface area contributed by atoms with E-state index in [0.29, 0.717) is 0 Å². The summed E-state index contributed by atoms with van der Waals surface area (Å²) in [5.74, 6) is 2.70. The van der Waals surface area contributed by atoms with E-state index in [-0.39, 0.29) is 0 Å². The number of aromatic nitrogens is 2. The van der Waals surface area contributed by atoms with Gasteiger partial charge in [-0.15, -0.1) is 0 Å². The molecule has 2 rings (SSSR count). The number of aryl methyl sites for hydroxylation is 4. The molecule has 0 N–H and O–H groups in total. The molecular formula is C34H58N2S2+2. The minimum Gasteiger partial charge on any atom is -0.205 e. The van der Waals surface area contributed by atoms with Crippen LogP contribution in [0.3, 0.4) is 0 Å². The van der Waals surface area contributed by atoms with E-state index in [1.54, 1.807) is 0 Å². The van der Waals surface area contributed by atoms with Gasteiger partial charge in [-0.3, -0.25) is 0 Å². The van der Waals surface area contributed by atoms with Gasteiger partial charge in [-0.2, -0.15) is 0 Å². The van der Waals surface area contributed by atoms with Gasteiger partial charge < -0.3 is 0 Å². The third kappa shape index (κ3) is 19.1. The van der Waals surface area contributed by atoms with Crippen LogP contribution in [0, 0.1) is 13.8 Å². The molecule has 0 aromatic carbocycles. The molecule has 214 valence electrons. The lowest BCUT2D eigenvalue weighted by atomic mass is 10.1. The Labute approximate surface area is 244 Å². The molecule has 0 aliphatic carbocycles. The third-order valence-electron chi connectivity index (χ3n) is 7.49. The molecule has 0 aliphatic rings. The molecule has 0 saturated heterocycles. The highest BCUT2D eigenvalue weighted by Gasteiger charge is 2.01. The van der Waals surface area contributed by atoms with E-state index < -0.39 is 0 Å².